The Labute approximate surface area is 150 Å². The molecular formula is C17H22N4O5. The van der Waals surface area contributed by atoms with E-state index >= 15 is 0 Å². The van der Waals surface area contributed by atoms with Crippen LogP contribution in [0.3, 0.4) is 0 Å². The maximum absolute atomic E-state index is 12.7. The van der Waals surface area contributed by atoms with Crippen molar-refractivity contribution < 1.29 is 24.6 Å². The highest BCUT2D eigenvalue weighted by molar-refractivity contribution is 5.99. The second-order valence-electron chi connectivity index (χ2n) is 6.99. The first-order valence-corrected chi connectivity index (χ1v) is 8.70. The van der Waals surface area contributed by atoms with Gasteiger partial charge in [0.2, 0.25) is 5.91 Å². The Hall–Kier alpha value is -2.71. The fraction of sp³-hybridized carbons (Fsp3) is 0.588. The zero-order valence-electron chi connectivity index (χ0n) is 14.3. The van der Waals surface area contributed by atoms with Gasteiger partial charge in [0.1, 0.15) is 5.82 Å². The fourth-order valence-corrected chi connectivity index (χ4v) is 3.76. The summed E-state index contributed by atoms with van der Waals surface area (Å²) in [6.07, 6.45) is 7.77. The topological polar surface area (TPSA) is 133 Å². The first-order valence-electron chi connectivity index (χ1n) is 8.70. The number of rotatable bonds is 5. The van der Waals surface area contributed by atoms with Gasteiger partial charge in [0.05, 0.1) is 6.20 Å². The molecule has 26 heavy (non-hydrogen) atoms. The van der Waals surface area contributed by atoms with Gasteiger partial charge in [-0.05, 0) is 32.1 Å². The molecule has 1 amide bonds. The summed E-state index contributed by atoms with van der Waals surface area (Å²) in [5, 5.41) is 21.9. The first kappa shape index (κ1) is 18.1. The number of aliphatic carboxylic acids is 2. The first-order chi connectivity index (χ1) is 12.4. The van der Waals surface area contributed by atoms with E-state index in [1.807, 2.05) is 0 Å². The predicted octanol–water partition coefficient (Wildman–Crippen LogP) is 0.835. The highest BCUT2D eigenvalue weighted by Crippen LogP contribution is 2.34. The number of carboxylic acids is 2. The molecule has 2 fully saturated rings. The normalized spacial score (nSPS) is 24.8. The molecule has 0 atom stereocenters. The van der Waals surface area contributed by atoms with Crippen molar-refractivity contribution in [2.24, 2.45) is 11.3 Å². The third kappa shape index (κ3) is 3.47. The minimum Gasteiger partial charge on any atom is -0.480 e. The summed E-state index contributed by atoms with van der Waals surface area (Å²) >= 11 is 0. The van der Waals surface area contributed by atoms with E-state index in [0.717, 1.165) is 12.8 Å². The Morgan fingerprint density at radius 3 is 2.35 bits per heavy atom. The molecule has 1 aromatic rings. The van der Waals surface area contributed by atoms with Crippen molar-refractivity contribution in [3.63, 3.8) is 0 Å². The van der Waals surface area contributed by atoms with Crippen LogP contribution in [-0.2, 0) is 14.4 Å². The SMILES string of the molecule is O=C(C1CCC(Nc2cnccn2)CC1)N1CCC(C(=O)O)(C(=O)O)C1. The van der Waals surface area contributed by atoms with Gasteiger partial charge in [0, 0.05) is 37.4 Å². The third-order valence-corrected chi connectivity index (χ3v) is 5.39. The van der Waals surface area contributed by atoms with Crippen molar-refractivity contribution in [3.05, 3.63) is 18.6 Å². The number of hydrogen-bond donors (Lipinski definition) is 3. The molecule has 1 aliphatic heterocycles. The molecule has 9 heteroatoms. The van der Waals surface area contributed by atoms with Crippen molar-refractivity contribution in [2.75, 3.05) is 18.4 Å². The van der Waals surface area contributed by atoms with E-state index in [1.54, 1.807) is 18.6 Å². The van der Waals surface area contributed by atoms with Crippen LogP contribution in [0.4, 0.5) is 5.82 Å². The molecule has 3 rings (SSSR count). The average Bonchev–Trinajstić information content (AvgIpc) is 3.10. The van der Waals surface area contributed by atoms with E-state index in [0.29, 0.717) is 18.7 Å². The lowest BCUT2D eigenvalue weighted by Crippen LogP contribution is -2.44. The summed E-state index contributed by atoms with van der Waals surface area (Å²) in [7, 11) is 0. The van der Waals surface area contributed by atoms with E-state index in [-0.39, 0.29) is 37.4 Å². The zero-order chi connectivity index (χ0) is 18.7. The van der Waals surface area contributed by atoms with Crippen molar-refractivity contribution in [2.45, 2.75) is 38.1 Å². The van der Waals surface area contributed by atoms with Gasteiger partial charge in [-0.2, -0.15) is 0 Å². The number of nitrogens with one attached hydrogen (secondary N) is 1. The van der Waals surface area contributed by atoms with Gasteiger partial charge < -0.3 is 20.4 Å². The summed E-state index contributed by atoms with van der Waals surface area (Å²) in [5.41, 5.74) is -1.87. The number of nitrogens with zero attached hydrogens (tertiary/aromatic N) is 3. The summed E-state index contributed by atoms with van der Waals surface area (Å²) in [5.74, 6) is -2.37. The second-order valence-corrected chi connectivity index (χ2v) is 6.99. The lowest BCUT2D eigenvalue weighted by molar-refractivity contribution is -0.163. The van der Waals surface area contributed by atoms with Gasteiger partial charge in [-0.15, -0.1) is 0 Å². The van der Waals surface area contributed by atoms with Crippen molar-refractivity contribution in [1.29, 1.82) is 0 Å². The zero-order valence-corrected chi connectivity index (χ0v) is 14.3. The average molecular weight is 362 g/mol. The quantitative estimate of drug-likeness (QED) is 0.656. The third-order valence-electron chi connectivity index (χ3n) is 5.39. The lowest BCUT2D eigenvalue weighted by atomic mass is 9.85. The van der Waals surface area contributed by atoms with Crippen LogP contribution in [0.15, 0.2) is 18.6 Å². The van der Waals surface area contributed by atoms with Crippen LogP contribution >= 0.6 is 0 Å². The van der Waals surface area contributed by atoms with Gasteiger partial charge in [-0.25, -0.2) is 4.98 Å². The molecule has 0 radical (unpaired) electrons. The molecule has 3 N–H and O–H groups in total. The number of anilines is 1. The highest BCUT2D eigenvalue weighted by atomic mass is 16.4. The maximum Gasteiger partial charge on any atom is 0.322 e. The minimum absolute atomic E-state index is 0.0486. The van der Waals surface area contributed by atoms with Gasteiger partial charge >= 0.3 is 11.9 Å². The molecule has 1 aromatic heterocycles. The van der Waals surface area contributed by atoms with Crippen LogP contribution in [0.5, 0.6) is 0 Å². The van der Waals surface area contributed by atoms with E-state index in [4.69, 9.17) is 0 Å². The van der Waals surface area contributed by atoms with E-state index < -0.39 is 17.4 Å². The Morgan fingerprint density at radius 1 is 1.12 bits per heavy atom. The number of hydrogen-bond acceptors (Lipinski definition) is 6. The number of aromatic nitrogens is 2. The van der Waals surface area contributed by atoms with Crippen molar-refractivity contribution in [3.8, 4) is 0 Å². The summed E-state index contributed by atoms with van der Waals surface area (Å²) in [4.78, 5) is 45.1. The molecule has 0 bridgehead atoms. The number of likely N-dealkylation sites (tertiary alicyclic amines) is 1. The highest BCUT2D eigenvalue weighted by Gasteiger charge is 2.53. The Kier molecular flexibility index (Phi) is 5.06. The largest absolute Gasteiger partial charge is 0.480 e. The molecule has 2 heterocycles. The summed E-state index contributed by atoms with van der Waals surface area (Å²) in [6.45, 7) is -0.0799. The van der Waals surface area contributed by atoms with Gasteiger partial charge in [0.25, 0.3) is 0 Å². The molecule has 1 saturated carbocycles. The molecule has 0 unspecified atom stereocenters. The molecule has 9 nitrogen and oxygen atoms in total. The van der Waals surface area contributed by atoms with Gasteiger partial charge in [0.15, 0.2) is 5.41 Å². The molecule has 0 spiro atoms. The fourth-order valence-electron chi connectivity index (χ4n) is 3.76. The van der Waals surface area contributed by atoms with E-state index in [9.17, 15) is 24.6 Å². The second kappa shape index (κ2) is 7.27. The van der Waals surface area contributed by atoms with Crippen molar-refractivity contribution >= 4 is 23.7 Å². The van der Waals surface area contributed by atoms with Crippen LogP contribution in [0.2, 0.25) is 0 Å². The maximum atomic E-state index is 12.7. The van der Waals surface area contributed by atoms with Crippen LogP contribution in [-0.4, -0.2) is 62.1 Å². The number of carbonyl (C=O) groups excluding carboxylic acids is 1. The smallest absolute Gasteiger partial charge is 0.322 e. The Balaban J connectivity index is 1.54. The molecule has 1 aliphatic carbocycles. The summed E-state index contributed by atoms with van der Waals surface area (Å²) < 4.78 is 0. The standard InChI is InChI=1S/C17H22N4O5/c22-14(21-8-5-17(10-21,15(23)24)16(25)26)11-1-3-12(4-2-11)20-13-9-18-6-7-19-13/h6-7,9,11-12H,1-5,8,10H2,(H,19,20)(H,23,24)(H,25,26). The number of carboxylic acid groups (broad SMARTS) is 2. The summed E-state index contributed by atoms with van der Waals surface area (Å²) in [6, 6.07) is 0.214. The lowest BCUT2D eigenvalue weighted by Gasteiger charge is -2.31. The Morgan fingerprint density at radius 2 is 1.81 bits per heavy atom. The number of carbonyl (C=O) groups is 3. The molecule has 140 valence electrons. The molecule has 2 aliphatic rings. The Bertz CT molecular complexity index is 674. The van der Waals surface area contributed by atoms with Gasteiger partial charge in [-0.3, -0.25) is 19.4 Å². The van der Waals surface area contributed by atoms with Crippen LogP contribution < -0.4 is 5.32 Å². The molecular weight excluding hydrogens is 340 g/mol. The van der Waals surface area contributed by atoms with E-state index in [2.05, 4.69) is 15.3 Å². The van der Waals surface area contributed by atoms with Crippen molar-refractivity contribution in [1.82, 2.24) is 14.9 Å². The van der Waals surface area contributed by atoms with Gasteiger partial charge in [-0.1, -0.05) is 0 Å². The molecule has 0 aromatic carbocycles. The van der Waals surface area contributed by atoms with Crippen LogP contribution in [0, 0.1) is 11.3 Å². The minimum atomic E-state index is -1.87. The van der Waals surface area contributed by atoms with Crippen LogP contribution in [0.1, 0.15) is 32.1 Å². The molecule has 1 saturated heterocycles. The monoisotopic (exact) mass is 362 g/mol. The van der Waals surface area contributed by atoms with E-state index in [1.165, 1.54) is 4.90 Å². The number of amides is 1. The van der Waals surface area contributed by atoms with Crippen LogP contribution in [0.25, 0.3) is 0 Å². The predicted molar refractivity (Wildman–Crippen MR) is 90.3 cm³/mol.